The highest BCUT2D eigenvalue weighted by Crippen LogP contribution is 2.32. The first kappa shape index (κ1) is 15.9. The molecule has 0 bridgehead atoms. The summed E-state index contributed by atoms with van der Waals surface area (Å²) in [6.45, 7) is 5.65. The number of hydrogen-bond donors (Lipinski definition) is 2. The van der Waals surface area contributed by atoms with Gasteiger partial charge >= 0.3 is 0 Å². The molecule has 21 heavy (non-hydrogen) atoms. The minimum absolute atomic E-state index is 0.580. The molecule has 0 unspecified atom stereocenters. The highest BCUT2D eigenvalue weighted by Gasteiger charge is 2.11. The Hall–Kier alpha value is -1.53. The van der Waals surface area contributed by atoms with Crippen molar-refractivity contribution in [2.24, 2.45) is 0 Å². The lowest BCUT2D eigenvalue weighted by Gasteiger charge is -2.19. The zero-order valence-corrected chi connectivity index (χ0v) is 13.1. The Bertz CT molecular complexity index is 468. The van der Waals surface area contributed by atoms with E-state index < -0.39 is 0 Å². The molecule has 0 amide bonds. The van der Waals surface area contributed by atoms with Gasteiger partial charge in [-0.15, -0.1) is 0 Å². The molecule has 116 valence electrons. The fraction of sp³-hybridized carbons (Fsp3) is 0.533. The molecule has 1 aromatic carbocycles. The molecule has 0 spiro atoms. The van der Waals surface area contributed by atoms with Crippen LogP contribution in [-0.4, -0.2) is 38.1 Å². The number of hydrogen-bond acceptors (Lipinski definition) is 4. The summed E-state index contributed by atoms with van der Waals surface area (Å²) in [7, 11) is 0. The van der Waals surface area contributed by atoms with Crippen LogP contribution >= 0.6 is 12.2 Å². The first-order valence-electron chi connectivity index (χ1n) is 7.32. The molecule has 0 fully saturated rings. The van der Waals surface area contributed by atoms with Gasteiger partial charge in [-0.1, -0.05) is 6.92 Å². The molecule has 0 aromatic heterocycles. The average molecular weight is 310 g/mol. The largest absolute Gasteiger partial charge is 0.486 e. The van der Waals surface area contributed by atoms with Gasteiger partial charge in [-0.05, 0) is 37.2 Å². The molecular formula is C15H22N2O3S. The molecular weight excluding hydrogens is 288 g/mol. The zero-order valence-electron chi connectivity index (χ0n) is 12.3. The van der Waals surface area contributed by atoms with E-state index in [2.05, 4.69) is 17.6 Å². The fourth-order valence-electron chi connectivity index (χ4n) is 1.92. The van der Waals surface area contributed by atoms with Gasteiger partial charge in [-0.25, -0.2) is 0 Å². The quantitative estimate of drug-likeness (QED) is 0.596. The van der Waals surface area contributed by atoms with Crippen LogP contribution in [-0.2, 0) is 4.74 Å². The molecule has 1 aliphatic rings. The second-order valence-electron chi connectivity index (χ2n) is 4.71. The molecule has 6 heteroatoms. The summed E-state index contributed by atoms with van der Waals surface area (Å²) >= 11 is 5.26. The normalized spacial score (nSPS) is 12.8. The van der Waals surface area contributed by atoms with Crippen LogP contribution in [0.4, 0.5) is 5.69 Å². The van der Waals surface area contributed by atoms with Crippen molar-refractivity contribution in [3.05, 3.63) is 18.2 Å². The monoisotopic (exact) mass is 310 g/mol. The number of fused-ring (bicyclic) bond motifs is 1. The van der Waals surface area contributed by atoms with Crippen molar-refractivity contribution in [2.75, 3.05) is 38.3 Å². The van der Waals surface area contributed by atoms with Gasteiger partial charge in [0.25, 0.3) is 0 Å². The van der Waals surface area contributed by atoms with Gasteiger partial charge in [0.1, 0.15) is 13.2 Å². The van der Waals surface area contributed by atoms with Crippen molar-refractivity contribution < 1.29 is 14.2 Å². The Morgan fingerprint density at radius 2 is 2.05 bits per heavy atom. The van der Waals surface area contributed by atoms with Crippen molar-refractivity contribution >= 4 is 23.0 Å². The van der Waals surface area contributed by atoms with Crippen LogP contribution in [0.2, 0.25) is 0 Å². The summed E-state index contributed by atoms with van der Waals surface area (Å²) in [5, 5.41) is 6.89. The summed E-state index contributed by atoms with van der Waals surface area (Å²) in [4.78, 5) is 0. The topological polar surface area (TPSA) is 51.8 Å². The Balaban J connectivity index is 1.70. The molecule has 0 saturated carbocycles. The predicted octanol–water partition coefficient (Wildman–Crippen LogP) is 2.56. The summed E-state index contributed by atoms with van der Waals surface area (Å²) in [5.74, 6) is 1.53. The van der Waals surface area contributed by atoms with Crippen LogP contribution < -0.4 is 20.1 Å². The molecule has 1 aliphatic heterocycles. The highest BCUT2D eigenvalue weighted by molar-refractivity contribution is 7.80. The van der Waals surface area contributed by atoms with Crippen LogP contribution in [0.5, 0.6) is 11.5 Å². The minimum Gasteiger partial charge on any atom is -0.486 e. The minimum atomic E-state index is 0.580. The van der Waals surface area contributed by atoms with E-state index in [0.717, 1.165) is 49.8 Å². The number of nitrogens with one attached hydrogen (secondary N) is 2. The Morgan fingerprint density at radius 1 is 1.24 bits per heavy atom. The molecule has 5 nitrogen and oxygen atoms in total. The number of ether oxygens (including phenoxy) is 3. The van der Waals surface area contributed by atoms with Crippen LogP contribution in [0.15, 0.2) is 18.2 Å². The molecule has 0 radical (unpaired) electrons. The number of rotatable bonds is 7. The van der Waals surface area contributed by atoms with Gasteiger partial charge < -0.3 is 24.8 Å². The van der Waals surface area contributed by atoms with E-state index in [1.54, 1.807) is 0 Å². The zero-order chi connectivity index (χ0) is 14.9. The second kappa shape index (κ2) is 8.69. The summed E-state index contributed by atoms with van der Waals surface area (Å²) < 4.78 is 16.4. The molecule has 1 aromatic rings. The van der Waals surface area contributed by atoms with Crippen LogP contribution in [0.1, 0.15) is 19.8 Å². The van der Waals surface area contributed by atoms with E-state index in [0.29, 0.717) is 18.3 Å². The Kier molecular flexibility index (Phi) is 6.56. The summed E-state index contributed by atoms with van der Waals surface area (Å²) in [6.07, 6.45) is 1.99. The van der Waals surface area contributed by atoms with Gasteiger partial charge in [0.05, 0.1) is 0 Å². The molecule has 0 aliphatic carbocycles. The van der Waals surface area contributed by atoms with E-state index in [9.17, 15) is 0 Å². The van der Waals surface area contributed by atoms with E-state index in [-0.39, 0.29) is 0 Å². The standard InChI is InChI=1S/C15H22N2O3S/c1-2-7-18-8-3-6-16-15(21)17-12-4-5-13-14(11-12)20-10-9-19-13/h4-5,11H,2-3,6-10H2,1H3,(H2,16,17,21). The first-order valence-corrected chi connectivity index (χ1v) is 7.72. The van der Waals surface area contributed by atoms with Gasteiger partial charge in [0, 0.05) is 31.5 Å². The third kappa shape index (κ3) is 5.40. The number of benzene rings is 1. The second-order valence-corrected chi connectivity index (χ2v) is 5.11. The Labute approximate surface area is 131 Å². The lowest BCUT2D eigenvalue weighted by molar-refractivity contribution is 0.133. The molecule has 0 atom stereocenters. The average Bonchev–Trinajstić information content (AvgIpc) is 2.50. The van der Waals surface area contributed by atoms with Gasteiger partial charge in [0.15, 0.2) is 16.6 Å². The maximum absolute atomic E-state index is 5.54. The van der Waals surface area contributed by atoms with Crippen molar-refractivity contribution in [1.29, 1.82) is 0 Å². The van der Waals surface area contributed by atoms with Crippen LogP contribution in [0, 0.1) is 0 Å². The van der Waals surface area contributed by atoms with E-state index in [1.165, 1.54) is 0 Å². The van der Waals surface area contributed by atoms with E-state index in [1.807, 2.05) is 18.2 Å². The smallest absolute Gasteiger partial charge is 0.170 e. The molecule has 1 heterocycles. The SMILES string of the molecule is CCCOCCCNC(=S)Nc1ccc2c(c1)OCCO2. The third-order valence-corrected chi connectivity index (χ3v) is 3.15. The summed E-state index contributed by atoms with van der Waals surface area (Å²) in [6, 6.07) is 5.71. The van der Waals surface area contributed by atoms with Crippen molar-refractivity contribution in [3.63, 3.8) is 0 Å². The molecule has 2 N–H and O–H groups in total. The Morgan fingerprint density at radius 3 is 2.86 bits per heavy atom. The molecule has 0 saturated heterocycles. The van der Waals surface area contributed by atoms with Crippen LogP contribution in [0.3, 0.4) is 0 Å². The maximum atomic E-state index is 5.54. The fourth-order valence-corrected chi connectivity index (χ4v) is 2.14. The van der Waals surface area contributed by atoms with Crippen LogP contribution in [0.25, 0.3) is 0 Å². The lowest BCUT2D eigenvalue weighted by Crippen LogP contribution is -2.29. The van der Waals surface area contributed by atoms with Gasteiger partial charge in [0.2, 0.25) is 0 Å². The number of thiocarbonyl (C=S) groups is 1. The lowest BCUT2D eigenvalue weighted by atomic mass is 10.2. The van der Waals surface area contributed by atoms with Gasteiger partial charge in [-0.2, -0.15) is 0 Å². The first-order chi connectivity index (χ1) is 10.3. The van der Waals surface area contributed by atoms with Crippen molar-refractivity contribution in [3.8, 4) is 11.5 Å². The van der Waals surface area contributed by atoms with Gasteiger partial charge in [-0.3, -0.25) is 0 Å². The number of anilines is 1. The van der Waals surface area contributed by atoms with E-state index >= 15 is 0 Å². The van der Waals surface area contributed by atoms with E-state index in [4.69, 9.17) is 26.4 Å². The third-order valence-electron chi connectivity index (χ3n) is 2.90. The molecule has 2 rings (SSSR count). The predicted molar refractivity (Wildman–Crippen MR) is 87.4 cm³/mol. The van der Waals surface area contributed by atoms with Crippen molar-refractivity contribution in [2.45, 2.75) is 19.8 Å². The maximum Gasteiger partial charge on any atom is 0.170 e. The van der Waals surface area contributed by atoms with Crippen molar-refractivity contribution in [1.82, 2.24) is 5.32 Å². The highest BCUT2D eigenvalue weighted by atomic mass is 32.1. The summed E-state index contributed by atoms with van der Waals surface area (Å²) in [5.41, 5.74) is 0.888.